The van der Waals surface area contributed by atoms with Gasteiger partial charge < -0.3 is 19.5 Å². The van der Waals surface area contributed by atoms with Crippen molar-refractivity contribution in [1.29, 1.82) is 0 Å². The van der Waals surface area contributed by atoms with Gasteiger partial charge in [0.05, 0.1) is 12.7 Å². The Morgan fingerprint density at radius 1 is 1.07 bits per heavy atom. The molecule has 4 rings (SSSR count). The first-order valence-corrected chi connectivity index (χ1v) is 9.45. The molecule has 0 radical (unpaired) electrons. The van der Waals surface area contributed by atoms with Gasteiger partial charge in [-0.05, 0) is 36.1 Å². The van der Waals surface area contributed by atoms with E-state index in [0.717, 1.165) is 29.7 Å². The van der Waals surface area contributed by atoms with Gasteiger partial charge in [-0.3, -0.25) is 0 Å². The van der Waals surface area contributed by atoms with Gasteiger partial charge in [0.15, 0.2) is 0 Å². The number of piperidine rings is 1. The van der Waals surface area contributed by atoms with Gasteiger partial charge in [0.1, 0.15) is 12.4 Å². The van der Waals surface area contributed by atoms with E-state index in [-0.39, 0.29) is 24.8 Å². The molecular formula is C22H25NO4. The van der Waals surface area contributed by atoms with Gasteiger partial charge in [-0.15, -0.1) is 0 Å². The molecule has 1 N–H and O–H groups in total. The maximum Gasteiger partial charge on any atom is 0.410 e. The maximum absolute atomic E-state index is 12.7. The summed E-state index contributed by atoms with van der Waals surface area (Å²) < 4.78 is 10.7. The highest BCUT2D eigenvalue weighted by atomic mass is 16.6. The zero-order valence-electron chi connectivity index (χ0n) is 15.5. The Labute approximate surface area is 159 Å². The van der Waals surface area contributed by atoms with Crippen molar-refractivity contribution < 1.29 is 19.4 Å². The van der Waals surface area contributed by atoms with Gasteiger partial charge in [-0.25, -0.2) is 4.79 Å². The van der Waals surface area contributed by atoms with Crippen LogP contribution in [0.1, 0.15) is 36.8 Å². The van der Waals surface area contributed by atoms with Crippen molar-refractivity contribution in [3.05, 3.63) is 65.7 Å². The van der Waals surface area contributed by atoms with Crippen LogP contribution in [0.15, 0.2) is 54.6 Å². The molecule has 1 amide bonds. The minimum absolute atomic E-state index is 0.0131. The minimum atomic E-state index is -0.908. The zero-order chi connectivity index (χ0) is 18.9. The molecule has 2 aromatic carbocycles. The lowest BCUT2D eigenvalue weighted by Crippen LogP contribution is -2.52. The highest BCUT2D eigenvalue weighted by Crippen LogP contribution is 2.46. The summed E-state index contributed by atoms with van der Waals surface area (Å²) in [6.45, 7) is 0.276. The Balaban J connectivity index is 1.44. The predicted octanol–water partition coefficient (Wildman–Crippen LogP) is 3.85. The molecule has 142 valence electrons. The van der Waals surface area contributed by atoms with E-state index >= 15 is 0 Å². The number of hydrogen-bond donors (Lipinski definition) is 1. The van der Waals surface area contributed by atoms with Crippen LogP contribution in [-0.4, -0.2) is 35.3 Å². The molecule has 2 aliphatic heterocycles. The Kier molecular flexibility index (Phi) is 4.79. The van der Waals surface area contributed by atoms with E-state index in [2.05, 4.69) is 0 Å². The maximum atomic E-state index is 12.7. The predicted molar refractivity (Wildman–Crippen MR) is 101 cm³/mol. The van der Waals surface area contributed by atoms with Crippen molar-refractivity contribution >= 4 is 6.09 Å². The molecule has 2 atom stereocenters. The van der Waals surface area contributed by atoms with E-state index in [0.29, 0.717) is 12.8 Å². The number of aliphatic hydroxyl groups is 1. The normalized spacial score (nSPS) is 26.7. The number of ether oxygens (including phenoxy) is 2. The van der Waals surface area contributed by atoms with Crippen LogP contribution in [0.4, 0.5) is 4.79 Å². The molecule has 5 heteroatoms. The van der Waals surface area contributed by atoms with Crippen LogP contribution >= 0.6 is 0 Å². The number of benzene rings is 2. The summed E-state index contributed by atoms with van der Waals surface area (Å²) >= 11 is 0. The number of hydrogen-bond acceptors (Lipinski definition) is 4. The van der Waals surface area contributed by atoms with Gasteiger partial charge in [0, 0.05) is 24.9 Å². The lowest BCUT2D eigenvalue weighted by atomic mass is 9.80. The first kappa shape index (κ1) is 17.9. The van der Waals surface area contributed by atoms with Crippen LogP contribution in [0.2, 0.25) is 0 Å². The van der Waals surface area contributed by atoms with Crippen LogP contribution < -0.4 is 4.74 Å². The summed E-state index contributed by atoms with van der Waals surface area (Å²) in [5, 5.41) is 11.3. The number of carbonyl (C=O) groups excluding carboxylic acids is 1. The van der Waals surface area contributed by atoms with E-state index in [1.54, 1.807) is 7.11 Å². The fourth-order valence-electron chi connectivity index (χ4n) is 4.45. The third-order valence-electron chi connectivity index (χ3n) is 5.81. The van der Waals surface area contributed by atoms with Gasteiger partial charge in [-0.2, -0.15) is 0 Å². The van der Waals surface area contributed by atoms with E-state index < -0.39 is 5.60 Å². The molecule has 2 bridgehead atoms. The number of methoxy groups -OCH3 is 1. The third-order valence-corrected chi connectivity index (χ3v) is 5.81. The van der Waals surface area contributed by atoms with Crippen LogP contribution in [0.25, 0.3) is 0 Å². The molecule has 5 nitrogen and oxygen atoms in total. The number of nitrogens with zero attached hydrogens (tertiary/aromatic N) is 1. The number of fused-ring (bicyclic) bond motifs is 2. The van der Waals surface area contributed by atoms with E-state index in [1.165, 1.54) is 0 Å². The summed E-state index contributed by atoms with van der Waals surface area (Å²) in [4.78, 5) is 14.5. The zero-order valence-corrected chi connectivity index (χ0v) is 15.5. The molecule has 2 heterocycles. The molecule has 2 fully saturated rings. The molecule has 0 spiro atoms. The lowest BCUT2D eigenvalue weighted by Gasteiger charge is -2.43. The summed E-state index contributed by atoms with van der Waals surface area (Å²) in [6.07, 6.45) is 2.61. The third kappa shape index (κ3) is 3.52. The van der Waals surface area contributed by atoms with Crippen LogP contribution in [0.3, 0.4) is 0 Å². The summed E-state index contributed by atoms with van der Waals surface area (Å²) in [7, 11) is 1.63. The standard InChI is InChI=1S/C22H25NO4/c1-26-20-11-7-17(8-12-20)22(25)13-18-9-10-19(14-22)23(18)21(24)27-15-16-5-3-2-4-6-16/h2-8,11-12,18-19,25H,9-10,13-15H2,1H3. The quantitative estimate of drug-likeness (QED) is 0.892. The van der Waals surface area contributed by atoms with Crippen molar-refractivity contribution in [3.8, 4) is 5.75 Å². The molecular weight excluding hydrogens is 342 g/mol. The Hall–Kier alpha value is -2.53. The van der Waals surface area contributed by atoms with E-state index in [1.807, 2.05) is 59.5 Å². The molecule has 2 unspecified atom stereocenters. The average molecular weight is 367 g/mol. The van der Waals surface area contributed by atoms with E-state index in [9.17, 15) is 9.90 Å². The smallest absolute Gasteiger partial charge is 0.410 e. The van der Waals surface area contributed by atoms with Gasteiger partial charge in [-0.1, -0.05) is 42.5 Å². The van der Waals surface area contributed by atoms with Crippen LogP contribution in [0, 0.1) is 0 Å². The number of amides is 1. The average Bonchev–Trinajstić information content (AvgIpc) is 2.99. The van der Waals surface area contributed by atoms with Crippen molar-refractivity contribution in [2.75, 3.05) is 7.11 Å². The summed E-state index contributed by atoms with van der Waals surface area (Å²) in [5.41, 5.74) is 0.955. The number of carbonyl (C=O) groups is 1. The largest absolute Gasteiger partial charge is 0.497 e. The summed E-state index contributed by atoms with van der Waals surface area (Å²) in [5.74, 6) is 0.771. The number of rotatable bonds is 4. The van der Waals surface area contributed by atoms with Crippen LogP contribution in [0.5, 0.6) is 5.75 Å². The van der Waals surface area contributed by atoms with Gasteiger partial charge >= 0.3 is 6.09 Å². The Bertz CT molecular complexity index is 776. The fourth-order valence-corrected chi connectivity index (χ4v) is 4.45. The fraction of sp³-hybridized carbons (Fsp3) is 0.409. The molecule has 2 saturated heterocycles. The second-order valence-electron chi connectivity index (χ2n) is 7.50. The summed E-state index contributed by atoms with van der Waals surface area (Å²) in [6, 6.07) is 17.3. The first-order valence-electron chi connectivity index (χ1n) is 9.45. The van der Waals surface area contributed by atoms with Crippen molar-refractivity contribution in [1.82, 2.24) is 4.90 Å². The SMILES string of the molecule is COc1ccc(C2(O)CC3CCC(C2)N3C(=O)OCc2ccccc2)cc1. The van der Waals surface area contributed by atoms with Gasteiger partial charge in [0.25, 0.3) is 0 Å². The van der Waals surface area contributed by atoms with E-state index in [4.69, 9.17) is 9.47 Å². The molecule has 2 aromatic rings. The van der Waals surface area contributed by atoms with Crippen LogP contribution in [-0.2, 0) is 16.9 Å². The minimum Gasteiger partial charge on any atom is -0.497 e. The molecule has 0 aromatic heterocycles. The first-order chi connectivity index (χ1) is 13.1. The monoisotopic (exact) mass is 367 g/mol. The molecule has 0 saturated carbocycles. The molecule has 2 aliphatic rings. The van der Waals surface area contributed by atoms with Crippen molar-refractivity contribution in [3.63, 3.8) is 0 Å². The van der Waals surface area contributed by atoms with Crippen molar-refractivity contribution in [2.45, 2.75) is 50.0 Å². The second kappa shape index (κ2) is 7.24. The topological polar surface area (TPSA) is 59.0 Å². The second-order valence-corrected chi connectivity index (χ2v) is 7.50. The highest BCUT2D eigenvalue weighted by molar-refractivity contribution is 5.69. The van der Waals surface area contributed by atoms with Crippen molar-refractivity contribution in [2.24, 2.45) is 0 Å². The molecule has 0 aliphatic carbocycles. The Morgan fingerprint density at radius 3 is 2.30 bits per heavy atom. The van der Waals surface area contributed by atoms with Gasteiger partial charge in [0.2, 0.25) is 0 Å². The Morgan fingerprint density at radius 2 is 1.70 bits per heavy atom. The molecule has 27 heavy (non-hydrogen) atoms. The highest BCUT2D eigenvalue weighted by Gasteiger charge is 2.50. The lowest BCUT2D eigenvalue weighted by molar-refractivity contribution is -0.0537.